The maximum absolute atomic E-state index is 13.1. The van der Waals surface area contributed by atoms with Crippen LogP contribution in [0.4, 0.5) is 0 Å². The quantitative estimate of drug-likeness (QED) is 0.500. The summed E-state index contributed by atoms with van der Waals surface area (Å²) in [7, 11) is 0. The lowest BCUT2D eigenvalue weighted by Crippen LogP contribution is -2.22. The van der Waals surface area contributed by atoms with E-state index in [9.17, 15) is 4.79 Å². The Labute approximate surface area is 169 Å². The molecule has 0 unspecified atom stereocenters. The van der Waals surface area contributed by atoms with Crippen LogP contribution in [0.3, 0.4) is 0 Å². The van der Waals surface area contributed by atoms with Crippen molar-refractivity contribution in [2.75, 3.05) is 0 Å². The molecule has 0 aliphatic heterocycles. The highest BCUT2D eigenvalue weighted by Crippen LogP contribution is 2.35. The molecule has 8 heteroatoms. The van der Waals surface area contributed by atoms with Gasteiger partial charge < -0.3 is 4.52 Å². The summed E-state index contributed by atoms with van der Waals surface area (Å²) >= 11 is 7.57. The first kappa shape index (κ1) is 17.6. The van der Waals surface area contributed by atoms with Gasteiger partial charge in [-0.15, -0.1) is 11.3 Å². The van der Waals surface area contributed by atoms with Gasteiger partial charge in [-0.2, -0.15) is 4.98 Å². The first-order chi connectivity index (χ1) is 13.6. The Kier molecular flexibility index (Phi) is 4.29. The number of aryl methyl sites for hydroxylation is 1. The second kappa shape index (κ2) is 6.83. The molecule has 0 N–H and O–H groups in total. The second-order valence-electron chi connectivity index (χ2n) is 7.23. The molecule has 142 valence electrons. The maximum Gasteiger partial charge on any atom is 0.262 e. The molecule has 0 amide bonds. The lowest BCUT2D eigenvalue weighted by atomic mass is 9.89. The molecule has 1 atom stereocenters. The molecule has 1 aliphatic carbocycles. The van der Waals surface area contributed by atoms with Gasteiger partial charge in [0.25, 0.3) is 5.56 Å². The second-order valence-corrected chi connectivity index (χ2v) is 8.75. The lowest BCUT2D eigenvalue weighted by Gasteiger charge is -2.17. The smallest absolute Gasteiger partial charge is 0.262 e. The summed E-state index contributed by atoms with van der Waals surface area (Å²) in [6.45, 7) is 2.45. The predicted molar refractivity (Wildman–Crippen MR) is 109 cm³/mol. The van der Waals surface area contributed by atoms with Crippen molar-refractivity contribution in [3.63, 3.8) is 0 Å². The number of nitrogens with zero attached hydrogens (tertiary/aromatic N) is 4. The highest BCUT2D eigenvalue weighted by molar-refractivity contribution is 7.18. The molecule has 3 aromatic heterocycles. The summed E-state index contributed by atoms with van der Waals surface area (Å²) in [4.78, 5) is 24.1. The average Bonchev–Trinajstić information content (AvgIpc) is 3.29. The highest BCUT2D eigenvalue weighted by Gasteiger charge is 2.23. The van der Waals surface area contributed by atoms with E-state index in [2.05, 4.69) is 22.0 Å². The summed E-state index contributed by atoms with van der Waals surface area (Å²) in [5, 5.41) is 5.41. The Balaban J connectivity index is 1.48. The fourth-order valence-corrected chi connectivity index (χ4v) is 5.13. The van der Waals surface area contributed by atoms with Crippen molar-refractivity contribution in [3.8, 4) is 11.4 Å². The van der Waals surface area contributed by atoms with Gasteiger partial charge >= 0.3 is 0 Å². The SMILES string of the molecule is C[C@H]1CCc2c(sc3ncn(Cc4nc(-c5ccc(Cl)cc5)no4)c(=O)c23)C1. The number of rotatable bonds is 3. The third-order valence-corrected chi connectivity index (χ3v) is 6.57. The number of thiophene rings is 1. The van der Waals surface area contributed by atoms with Gasteiger partial charge in [-0.3, -0.25) is 9.36 Å². The minimum Gasteiger partial charge on any atom is -0.337 e. The molecular formula is C20H17ClN4O2S. The zero-order chi connectivity index (χ0) is 19.3. The van der Waals surface area contributed by atoms with Crippen LogP contribution in [-0.2, 0) is 19.4 Å². The van der Waals surface area contributed by atoms with Crippen LogP contribution >= 0.6 is 22.9 Å². The van der Waals surface area contributed by atoms with Crippen molar-refractivity contribution in [3.05, 3.63) is 62.3 Å². The minimum atomic E-state index is -0.0386. The molecule has 0 spiro atoms. The topological polar surface area (TPSA) is 73.8 Å². The van der Waals surface area contributed by atoms with Crippen molar-refractivity contribution in [2.45, 2.75) is 32.7 Å². The van der Waals surface area contributed by atoms with E-state index < -0.39 is 0 Å². The normalized spacial score (nSPS) is 16.4. The van der Waals surface area contributed by atoms with Crippen molar-refractivity contribution < 1.29 is 4.52 Å². The van der Waals surface area contributed by atoms with E-state index in [-0.39, 0.29) is 12.1 Å². The maximum atomic E-state index is 13.1. The van der Waals surface area contributed by atoms with Crippen LogP contribution in [0.1, 0.15) is 29.7 Å². The first-order valence-corrected chi connectivity index (χ1v) is 10.4. The third-order valence-electron chi connectivity index (χ3n) is 5.16. The summed E-state index contributed by atoms with van der Waals surface area (Å²) in [6.07, 6.45) is 4.66. The average molecular weight is 413 g/mol. The summed E-state index contributed by atoms with van der Waals surface area (Å²) < 4.78 is 6.90. The first-order valence-electron chi connectivity index (χ1n) is 9.16. The molecule has 6 nitrogen and oxygen atoms in total. The number of hydrogen-bond acceptors (Lipinski definition) is 6. The molecule has 4 aromatic rings. The van der Waals surface area contributed by atoms with Gasteiger partial charge in [0.15, 0.2) is 0 Å². The Morgan fingerprint density at radius 3 is 2.96 bits per heavy atom. The number of aromatic nitrogens is 4. The Morgan fingerprint density at radius 2 is 2.14 bits per heavy atom. The van der Waals surface area contributed by atoms with Gasteiger partial charge in [0.2, 0.25) is 11.7 Å². The predicted octanol–water partition coefficient (Wildman–Crippen LogP) is 4.33. The molecule has 0 radical (unpaired) electrons. The molecule has 0 fully saturated rings. The van der Waals surface area contributed by atoms with Gasteiger partial charge in [-0.05, 0) is 55.0 Å². The van der Waals surface area contributed by atoms with E-state index >= 15 is 0 Å². The molecule has 0 saturated heterocycles. The van der Waals surface area contributed by atoms with Crippen LogP contribution in [0.25, 0.3) is 21.6 Å². The molecule has 0 bridgehead atoms. The Bertz CT molecular complexity index is 1230. The van der Waals surface area contributed by atoms with Crippen LogP contribution < -0.4 is 5.56 Å². The van der Waals surface area contributed by atoms with Crippen LogP contribution in [-0.4, -0.2) is 19.7 Å². The van der Waals surface area contributed by atoms with Gasteiger partial charge in [0.05, 0.1) is 11.7 Å². The van der Waals surface area contributed by atoms with Crippen molar-refractivity contribution in [1.82, 2.24) is 19.7 Å². The molecule has 3 heterocycles. The molecule has 0 saturated carbocycles. The molecule has 28 heavy (non-hydrogen) atoms. The van der Waals surface area contributed by atoms with E-state index in [1.54, 1.807) is 34.4 Å². The van der Waals surface area contributed by atoms with Crippen molar-refractivity contribution in [2.24, 2.45) is 5.92 Å². The monoisotopic (exact) mass is 412 g/mol. The van der Waals surface area contributed by atoms with Crippen LogP contribution in [0, 0.1) is 5.92 Å². The minimum absolute atomic E-state index is 0.0386. The van der Waals surface area contributed by atoms with Gasteiger partial charge in [0, 0.05) is 15.5 Å². The van der Waals surface area contributed by atoms with Gasteiger partial charge in [-0.1, -0.05) is 23.7 Å². The zero-order valence-electron chi connectivity index (χ0n) is 15.2. The van der Waals surface area contributed by atoms with E-state index in [1.807, 2.05) is 12.1 Å². The van der Waals surface area contributed by atoms with E-state index in [0.717, 1.165) is 35.0 Å². The Morgan fingerprint density at radius 1 is 1.32 bits per heavy atom. The molecule has 5 rings (SSSR count). The summed E-state index contributed by atoms with van der Waals surface area (Å²) in [6, 6.07) is 7.20. The van der Waals surface area contributed by atoms with Gasteiger partial charge in [-0.25, -0.2) is 4.98 Å². The molecule has 1 aliphatic rings. The van der Waals surface area contributed by atoms with Crippen LogP contribution in [0.5, 0.6) is 0 Å². The van der Waals surface area contributed by atoms with E-state index in [1.165, 1.54) is 10.4 Å². The summed E-state index contributed by atoms with van der Waals surface area (Å²) in [5.74, 6) is 1.49. The molecule has 1 aromatic carbocycles. The van der Waals surface area contributed by atoms with Crippen molar-refractivity contribution in [1.29, 1.82) is 0 Å². The number of hydrogen-bond donors (Lipinski definition) is 0. The zero-order valence-corrected chi connectivity index (χ0v) is 16.8. The largest absolute Gasteiger partial charge is 0.337 e. The number of fused-ring (bicyclic) bond motifs is 3. The van der Waals surface area contributed by atoms with Crippen LogP contribution in [0.2, 0.25) is 5.02 Å². The highest BCUT2D eigenvalue weighted by atomic mass is 35.5. The standard InChI is InChI=1S/C20H17ClN4O2S/c1-11-2-7-14-15(8-11)28-19-17(14)20(26)25(10-22-19)9-16-23-18(24-27-16)12-3-5-13(21)6-4-12/h3-6,10-11H,2,7-9H2,1H3/t11-/m0/s1. The number of halogens is 1. The molecular weight excluding hydrogens is 396 g/mol. The van der Waals surface area contributed by atoms with Gasteiger partial charge in [0.1, 0.15) is 11.4 Å². The Hall–Kier alpha value is -2.51. The van der Waals surface area contributed by atoms with E-state index in [0.29, 0.717) is 22.7 Å². The lowest BCUT2D eigenvalue weighted by molar-refractivity contribution is 0.369. The number of benzene rings is 1. The van der Waals surface area contributed by atoms with Crippen molar-refractivity contribution >= 4 is 33.2 Å². The fourth-order valence-electron chi connectivity index (χ4n) is 3.66. The van der Waals surface area contributed by atoms with E-state index in [4.69, 9.17) is 16.1 Å². The summed E-state index contributed by atoms with van der Waals surface area (Å²) in [5.41, 5.74) is 1.95. The fraction of sp³-hybridized carbons (Fsp3) is 0.300. The van der Waals surface area contributed by atoms with Crippen LogP contribution in [0.15, 0.2) is 39.9 Å². The third kappa shape index (κ3) is 3.04.